The fourth-order valence-electron chi connectivity index (χ4n) is 2.89. The van der Waals surface area contributed by atoms with Gasteiger partial charge in [0.15, 0.2) is 0 Å². The Balaban J connectivity index is 1.65. The maximum Gasteiger partial charge on any atom is 0.0658 e. The van der Waals surface area contributed by atoms with Crippen molar-refractivity contribution in [2.24, 2.45) is 5.41 Å². The van der Waals surface area contributed by atoms with Crippen molar-refractivity contribution in [3.63, 3.8) is 0 Å². The average molecular weight is 349 g/mol. The van der Waals surface area contributed by atoms with Crippen LogP contribution in [0.3, 0.4) is 0 Å². The van der Waals surface area contributed by atoms with Gasteiger partial charge in [0.1, 0.15) is 0 Å². The Labute approximate surface area is 148 Å². The molecule has 1 aliphatic rings. The lowest BCUT2D eigenvalue weighted by molar-refractivity contribution is 0.390. The minimum Gasteiger partial charge on any atom is -0.384 e. The van der Waals surface area contributed by atoms with E-state index >= 15 is 0 Å². The summed E-state index contributed by atoms with van der Waals surface area (Å²) in [6, 6.07) is 8.64. The third-order valence-electron chi connectivity index (χ3n) is 4.32. The summed E-state index contributed by atoms with van der Waals surface area (Å²) in [5, 5.41) is 6.47. The standard InChI is InChI=1S/C19H25ClN2S/c1-19(2,3)8-9-21-17-5-4-15(12-16(17)20)22-10-6-18-14(13-22)7-11-23-18/h4-5,7,11-12,21H,6,8-10,13H2,1-3H3. The predicted molar refractivity (Wildman–Crippen MR) is 103 cm³/mol. The van der Waals surface area contributed by atoms with Gasteiger partial charge in [-0.1, -0.05) is 32.4 Å². The van der Waals surface area contributed by atoms with E-state index in [9.17, 15) is 0 Å². The van der Waals surface area contributed by atoms with E-state index in [1.54, 1.807) is 0 Å². The van der Waals surface area contributed by atoms with Crippen LogP contribution in [-0.4, -0.2) is 13.1 Å². The summed E-state index contributed by atoms with van der Waals surface area (Å²) in [6.45, 7) is 9.79. The highest BCUT2D eigenvalue weighted by Crippen LogP contribution is 2.32. The molecule has 2 heterocycles. The molecule has 124 valence electrons. The van der Waals surface area contributed by atoms with E-state index in [0.717, 1.165) is 43.2 Å². The number of nitrogens with zero attached hydrogens (tertiary/aromatic N) is 1. The van der Waals surface area contributed by atoms with Gasteiger partial charge in [-0.05, 0) is 53.5 Å². The minimum absolute atomic E-state index is 0.339. The maximum absolute atomic E-state index is 6.49. The van der Waals surface area contributed by atoms with Gasteiger partial charge < -0.3 is 10.2 Å². The molecule has 0 spiro atoms. The second kappa shape index (κ2) is 6.74. The molecule has 0 radical (unpaired) electrons. The molecule has 3 rings (SSSR count). The smallest absolute Gasteiger partial charge is 0.0658 e. The number of hydrogen-bond acceptors (Lipinski definition) is 3. The fraction of sp³-hybridized carbons (Fsp3) is 0.474. The number of rotatable bonds is 4. The Morgan fingerprint density at radius 3 is 2.83 bits per heavy atom. The maximum atomic E-state index is 6.49. The molecule has 0 fully saturated rings. The van der Waals surface area contributed by atoms with Crippen LogP contribution in [0.15, 0.2) is 29.6 Å². The van der Waals surface area contributed by atoms with Crippen molar-refractivity contribution < 1.29 is 0 Å². The molecule has 0 saturated heterocycles. The topological polar surface area (TPSA) is 15.3 Å². The minimum atomic E-state index is 0.339. The van der Waals surface area contributed by atoms with Crippen molar-refractivity contribution in [1.29, 1.82) is 0 Å². The zero-order valence-corrected chi connectivity index (χ0v) is 15.7. The van der Waals surface area contributed by atoms with Gasteiger partial charge in [-0.2, -0.15) is 0 Å². The predicted octanol–water partition coefficient (Wildman–Crippen LogP) is 5.81. The molecule has 2 aromatic rings. The summed E-state index contributed by atoms with van der Waals surface area (Å²) < 4.78 is 0. The second-order valence-electron chi connectivity index (χ2n) is 7.44. The van der Waals surface area contributed by atoms with Crippen LogP contribution in [0.2, 0.25) is 5.02 Å². The third-order valence-corrected chi connectivity index (χ3v) is 5.65. The third kappa shape index (κ3) is 4.21. The van der Waals surface area contributed by atoms with Gasteiger partial charge in [-0.15, -0.1) is 11.3 Å². The number of anilines is 2. The highest BCUT2D eigenvalue weighted by Gasteiger charge is 2.18. The number of nitrogens with one attached hydrogen (secondary N) is 1. The van der Waals surface area contributed by atoms with Gasteiger partial charge >= 0.3 is 0 Å². The summed E-state index contributed by atoms with van der Waals surface area (Å²) in [5.41, 5.74) is 4.05. The molecule has 2 nitrogen and oxygen atoms in total. The number of hydrogen-bond donors (Lipinski definition) is 1. The van der Waals surface area contributed by atoms with E-state index in [1.807, 2.05) is 11.3 Å². The van der Waals surface area contributed by atoms with E-state index in [4.69, 9.17) is 11.6 Å². The quantitative estimate of drug-likeness (QED) is 0.749. The van der Waals surface area contributed by atoms with Crippen LogP contribution in [-0.2, 0) is 13.0 Å². The van der Waals surface area contributed by atoms with Crippen molar-refractivity contribution in [2.45, 2.75) is 40.2 Å². The van der Waals surface area contributed by atoms with Crippen LogP contribution in [0.1, 0.15) is 37.6 Å². The van der Waals surface area contributed by atoms with Crippen molar-refractivity contribution in [3.8, 4) is 0 Å². The highest BCUT2D eigenvalue weighted by atomic mass is 35.5. The average Bonchev–Trinajstić information content (AvgIpc) is 2.95. The molecular formula is C19H25ClN2S. The summed E-state index contributed by atoms with van der Waals surface area (Å²) in [6.07, 6.45) is 2.26. The van der Waals surface area contributed by atoms with Crippen molar-refractivity contribution in [2.75, 3.05) is 23.3 Å². The summed E-state index contributed by atoms with van der Waals surface area (Å²) in [4.78, 5) is 3.95. The van der Waals surface area contributed by atoms with Gasteiger partial charge in [0, 0.05) is 30.2 Å². The first-order chi connectivity index (χ1) is 10.9. The number of fused-ring (bicyclic) bond motifs is 1. The van der Waals surface area contributed by atoms with Crippen molar-refractivity contribution in [1.82, 2.24) is 0 Å². The summed E-state index contributed by atoms with van der Waals surface area (Å²) >= 11 is 8.37. The molecule has 23 heavy (non-hydrogen) atoms. The van der Waals surface area contributed by atoms with E-state index in [-0.39, 0.29) is 0 Å². The van der Waals surface area contributed by atoms with Gasteiger partial charge in [-0.3, -0.25) is 0 Å². The second-order valence-corrected chi connectivity index (χ2v) is 8.85. The lowest BCUT2D eigenvalue weighted by atomic mass is 9.92. The van der Waals surface area contributed by atoms with E-state index in [0.29, 0.717) is 5.41 Å². The van der Waals surface area contributed by atoms with Crippen molar-refractivity contribution >= 4 is 34.3 Å². The fourth-order valence-corrected chi connectivity index (χ4v) is 4.02. The van der Waals surface area contributed by atoms with Gasteiger partial charge in [0.2, 0.25) is 0 Å². The molecule has 4 heteroatoms. The Bertz CT molecular complexity index is 672. The number of thiophene rings is 1. The molecule has 0 amide bonds. The molecule has 0 aliphatic carbocycles. The lowest BCUT2D eigenvalue weighted by Crippen LogP contribution is -2.29. The van der Waals surface area contributed by atoms with Gasteiger partial charge in [0.25, 0.3) is 0 Å². The van der Waals surface area contributed by atoms with Crippen LogP contribution in [0.4, 0.5) is 11.4 Å². The Hall–Kier alpha value is -1.19. The molecular weight excluding hydrogens is 324 g/mol. The molecule has 0 atom stereocenters. The van der Waals surface area contributed by atoms with Crippen LogP contribution in [0.5, 0.6) is 0 Å². The zero-order chi connectivity index (χ0) is 16.4. The van der Waals surface area contributed by atoms with E-state index < -0.39 is 0 Å². The van der Waals surface area contributed by atoms with Crippen LogP contribution in [0.25, 0.3) is 0 Å². The Morgan fingerprint density at radius 1 is 1.26 bits per heavy atom. The first kappa shape index (κ1) is 16.7. The van der Waals surface area contributed by atoms with Crippen LogP contribution < -0.4 is 10.2 Å². The normalized spacial score (nSPS) is 14.7. The van der Waals surface area contributed by atoms with E-state index in [1.165, 1.54) is 16.1 Å². The Morgan fingerprint density at radius 2 is 2.09 bits per heavy atom. The summed E-state index contributed by atoms with van der Waals surface area (Å²) in [7, 11) is 0. The number of benzene rings is 1. The van der Waals surface area contributed by atoms with Crippen LogP contribution in [0, 0.1) is 5.41 Å². The first-order valence-corrected chi connectivity index (χ1v) is 9.52. The Kier molecular flexibility index (Phi) is 4.88. The van der Waals surface area contributed by atoms with Crippen LogP contribution >= 0.6 is 22.9 Å². The molecule has 1 aromatic heterocycles. The lowest BCUT2D eigenvalue weighted by Gasteiger charge is -2.29. The molecule has 0 unspecified atom stereocenters. The van der Waals surface area contributed by atoms with Gasteiger partial charge in [-0.25, -0.2) is 0 Å². The highest BCUT2D eigenvalue weighted by molar-refractivity contribution is 7.10. The van der Waals surface area contributed by atoms with E-state index in [2.05, 4.69) is 60.6 Å². The first-order valence-electron chi connectivity index (χ1n) is 8.26. The largest absolute Gasteiger partial charge is 0.384 e. The molecule has 0 saturated carbocycles. The monoisotopic (exact) mass is 348 g/mol. The molecule has 0 bridgehead atoms. The molecule has 1 N–H and O–H groups in total. The summed E-state index contributed by atoms with van der Waals surface area (Å²) in [5.74, 6) is 0. The molecule has 1 aliphatic heterocycles. The number of halogens is 1. The van der Waals surface area contributed by atoms with Gasteiger partial charge in [0.05, 0.1) is 10.7 Å². The SMILES string of the molecule is CC(C)(C)CCNc1ccc(N2CCc3sccc3C2)cc1Cl. The zero-order valence-electron chi connectivity index (χ0n) is 14.2. The molecule has 1 aromatic carbocycles. The van der Waals surface area contributed by atoms with Crippen molar-refractivity contribution in [3.05, 3.63) is 45.1 Å².